The van der Waals surface area contributed by atoms with Crippen molar-refractivity contribution in [2.24, 2.45) is 0 Å². The smallest absolute Gasteiger partial charge is 0.105 e. The van der Waals surface area contributed by atoms with E-state index >= 15 is 0 Å². The predicted octanol–water partition coefficient (Wildman–Crippen LogP) is 2.07. The lowest BCUT2D eigenvalue weighted by Crippen LogP contribution is -2.58. The van der Waals surface area contributed by atoms with Crippen LogP contribution < -0.4 is 5.32 Å². The molecule has 2 atom stereocenters. The first-order valence-electron chi connectivity index (χ1n) is 7.82. The van der Waals surface area contributed by atoms with Crippen LogP contribution in [-0.2, 0) is 0 Å². The molecule has 0 heterocycles. The zero-order valence-electron chi connectivity index (χ0n) is 14.2. The van der Waals surface area contributed by atoms with Gasteiger partial charge in [-0.05, 0) is 67.2 Å². The number of hydrogen-bond acceptors (Lipinski definition) is 4. The summed E-state index contributed by atoms with van der Waals surface area (Å²) in [4.78, 5) is 4.81. The van der Waals surface area contributed by atoms with Crippen molar-refractivity contribution in [2.45, 2.75) is 63.6 Å². The van der Waals surface area contributed by atoms with Crippen molar-refractivity contribution in [1.82, 2.24) is 15.1 Å². The Labute approximate surface area is 125 Å². The normalized spacial score (nSPS) is 22.1. The van der Waals surface area contributed by atoms with Gasteiger partial charge < -0.3 is 9.80 Å². The molecule has 0 bridgehead atoms. The van der Waals surface area contributed by atoms with Crippen LogP contribution in [0, 0.1) is 11.3 Å². The third-order valence-corrected chi connectivity index (χ3v) is 5.05. The van der Waals surface area contributed by atoms with Crippen LogP contribution in [-0.4, -0.2) is 61.2 Å². The van der Waals surface area contributed by atoms with Gasteiger partial charge in [-0.15, -0.1) is 0 Å². The summed E-state index contributed by atoms with van der Waals surface area (Å²) in [5, 5.41) is 12.7. The Bertz CT molecular complexity index is 343. The summed E-state index contributed by atoms with van der Waals surface area (Å²) < 4.78 is 0. The minimum Gasteiger partial charge on any atom is -0.302 e. The molecule has 0 aromatic carbocycles. The highest BCUT2D eigenvalue weighted by atomic mass is 15.2. The van der Waals surface area contributed by atoms with Gasteiger partial charge in [-0.2, -0.15) is 5.26 Å². The largest absolute Gasteiger partial charge is 0.302 e. The van der Waals surface area contributed by atoms with Gasteiger partial charge in [0, 0.05) is 18.1 Å². The molecule has 0 spiro atoms. The zero-order chi connectivity index (χ0) is 15.4. The average Bonchev–Trinajstić information content (AvgIpc) is 2.33. The summed E-state index contributed by atoms with van der Waals surface area (Å²) in [5.41, 5.74) is -0.0719. The monoisotopic (exact) mass is 280 g/mol. The first kappa shape index (κ1) is 17.4. The molecule has 0 aromatic rings. The van der Waals surface area contributed by atoms with Crippen LogP contribution in [0.4, 0.5) is 0 Å². The van der Waals surface area contributed by atoms with Crippen LogP contribution in [0.5, 0.6) is 0 Å². The number of hydrogen-bond donors (Lipinski definition) is 1. The minimum absolute atomic E-state index is 0.351. The van der Waals surface area contributed by atoms with E-state index in [1.54, 1.807) is 0 Å². The van der Waals surface area contributed by atoms with Crippen molar-refractivity contribution in [1.29, 1.82) is 5.26 Å². The van der Waals surface area contributed by atoms with E-state index in [2.05, 4.69) is 56.2 Å². The van der Waals surface area contributed by atoms with Crippen LogP contribution in [0.2, 0.25) is 0 Å². The van der Waals surface area contributed by atoms with E-state index in [1.165, 1.54) is 19.3 Å². The lowest BCUT2D eigenvalue weighted by molar-refractivity contribution is 0.0152. The molecule has 116 valence electrons. The number of likely N-dealkylation sites (N-methyl/N-ethyl adjacent to an activating group) is 2. The first-order valence-corrected chi connectivity index (χ1v) is 7.82. The molecule has 0 aliphatic heterocycles. The van der Waals surface area contributed by atoms with Gasteiger partial charge in [0.2, 0.25) is 0 Å². The number of nitriles is 1. The van der Waals surface area contributed by atoms with E-state index in [4.69, 9.17) is 0 Å². The molecule has 0 radical (unpaired) electrons. The van der Waals surface area contributed by atoms with E-state index in [0.29, 0.717) is 11.6 Å². The van der Waals surface area contributed by atoms with Crippen LogP contribution >= 0.6 is 0 Å². The maximum Gasteiger partial charge on any atom is 0.105 e. The molecular weight excluding hydrogens is 248 g/mol. The summed E-state index contributed by atoms with van der Waals surface area (Å²) in [6, 6.07) is 2.83. The molecule has 0 amide bonds. The first-order chi connectivity index (χ1) is 9.28. The molecule has 4 nitrogen and oxygen atoms in total. The van der Waals surface area contributed by atoms with Crippen molar-refractivity contribution < 1.29 is 0 Å². The number of nitrogens with zero attached hydrogens (tertiary/aromatic N) is 3. The molecule has 1 saturated carbocycles. The van der Waals surface area contributed by atoms with Gasteiger partial charge in [-0.25, -0.2) is 0 Å². The quantitative estimate of drug-likeness (QED) is 0.739. The maximum absolute atomic E-state index is 9.39. The summed E-state index contributed by atoms with van der Waals surface area (Å²) in [5.74, 6) is 0. The fourth-order valence-electron chi connectivity index (χ4n) is 3.25. The van der Waals surface area contributed by atoms with Crippen LogP contribution in [0.25, 0.3) is 0 Å². The molecule has 0 aromatic heterocycles. The SMILES string of the molecule is CCNC(C)(C#N)CC(C)N(C)CC1(N(C)C)CCC1. The lowest BCUT2D eigenvalue weighted by Gasteiger charge is -2.50. The van der Waals surface area contributed by atoms with Crippen molar-refractivity contribution in [3.8, 4) is 6.07 Å². The molecule has 1 aliphatic rings. The number of rotatable bonds is 8. The molecule has 2 unspecified atom stereocenters. The van der Waals surface area contributed by atoms with E-state index in [1.807, 2.05) is 6.92 Å². The fraction of sp³-hybridized carbons (Fsp3) is 0.938. The highest BCUT2D eigenvalue weighted by Gasteiger charge is 2.40. The summed E-state index contributed by atoms with van der Waals surface area (Å²) in [6.45, 7) is 8.22. The molecule has 0 saturated heterocycles. The Balaban J connectivity index is 2.59. The van der Waals surface area contributed by atoms with E-state index in [9.17, 15) is 5.26 Å². The average molecular weight is 280 g/mol. The predicted molar refractivity (Wildman–Crippen MR) is 84.7 cm³/mol. The van der Waals surface area contributed by atoms with Crippen molar-refractivity contribution >= 4 is 0 Å². The van der Waals surface area contributed by atoms with Crippen molar-refractivity contribution in [2.75, 3.05) is 34.2 Å². The Morgan fingerprint density at radius 3 is 2.30 bits per heavy atom. The summed E-state index contributed by atoms with van der Waals surface area (Å²) >= 11 is 0. The van der Waals surface area contributed by atoms with Gasteiger partial charge in [0.1, 0.15) is 5.54 Å². The summed E-state index contributed by atoms with van der Waals surface area (Å²) in [6.07, 6.45) is 4.78. The standard InChI is InChI=1S/C16H32N4/c1-7-18-15(3,12-17)11-14(2)20(6)13-16(19(4)5)9-8-10-16/h14,18H,7-11,13H2,1-6H3. The van der Waals surface area contributed by atoms with Gasteiger partial charge in [0.05, 0.1) is 6.07 Å². The van der Waals surface area contributed by atoms with Crippen LogP contribution in [0.3, 0.4) is 0 Å². The van der Waals surface area contributed by atoms with E-state index in [0.717, 1.165) is 19.5 Å². The van der Waals surface area contributed by atoms with E-state index < -0.39 is 5.54 Å². The third-order valence-electron chi connectivity index (χ3n) is 5.05. The van der Waals surface area contributed by atoms with Gasteiger partial charge in [-0.1, -0.05) is 6.92 Å². The second kappa shape index (κ2) is 6.89. The van der Waals surface area contributed by atoms with Gasteiger partial charge >= 0.3 is 0 Å². The van der Waals surface area contributed by atoms with Crippen LogP contribution in [0.15, 0.2) is 0 Å². The van der Waals surface area contributed by atoms with Crippen LogP contribution in [0.1, 0.15) is 46.5 Å². The topological polar surface area (TPSA) is 42.3 Å². The van der Waals surface area contributed by atoms with Gasteiger partial charge in [0.25, 0.3) is 0 Å². The molecule has 4 heteroatoms. The van der Waals surface area contributed by atoms with Gasteiger partial charge in [0.15, 0.2) is 0 Å². The fourth-order valence-corrected chi connectivity index (χ4v) is 3.25. The second-order valence-electron chi connectivity index (χ2n) is 6.91. The minimum atomic E-state index is -0.423. The highest BCUT2D eigenvalue weighted by Crippen LogP contribution is 2.37. The van der Waals surface area contributed by atoms with Gasteiger partial charge in [-0.3, -0.25) is 5.32 Å². The molecule has 20 heavy (non-hydrogen) atoms. The molecule has 1 fully saturated rings. The molecule has 1 rings (SSSR count). The van der Waals surface area contributed by atoms with E-state index in [-0.39, 0.29) is 0 Å². The Kier molecular flexibility index (Phi) is 6.00. The molecular formula is C16H32N4. The molecule has 1 aliphatic carbocycles. The van der Waals surface area contributed by atoms with Crippen molar-refractivity contribution in [3.05, 3.63) is 0 Å². The Morgan fingerprint density at radius 1 is 1.35 bits per heavy atom. The number of nitrogens with one attached hydrogen (secondary N) is 1. The zero-order valence-corrected chi connectivity index (χ0v) is 14.2. The molecule has 1 N–H and O–H groups in total. The Morgan fingerprint density at radius 2 is 1.95 bits per heavy atom. The highest BCUT2D eigenvalue weighted by molar-refractivity contribution is 5.06. The summed E-state index contributed by atoms with van der Waals surface area (Å²) in [7, 11) is 6.57. The maximum atomic E-state index is 9.39. The lowest BCUT2D eigenvalue weighted by atomic mass is 9.75. The third kappa shape index (κ3) is 3.94. The second-order valence-corrected chi connectivity index (χ2v) is 6.91. The Hall–Kier alpha value is -0.630. The van der Waals surface area contributed by atoms with Crippen molar-refractivity contribution in [3.63, 3.8) is 0 Å².